The van der Waals surface area contributed by atoms with Gasteiger partial charge in [0.15, 0.2) is 11.5 Å². The van der Waals surface area contributed by atoms with Gasteiger partial charge in [-0.3, -0.25) is 0 Å². The Balaban J connectivity index is 2.61. The fraction of sp³-hybridized carbons (Fsp3) is 0.533. The van der Waals surface area contributed by atoms with E-state index < -0.39 is 11.7 Å². The van der Waals surface area contributed by atoms with E-state index in [1.54, 1.807) is 32.9 Å². The predicted molar refractivity (Wildman–Crippen MR) is 85.6 cm³/mol. The standard InChI is InChI=1S/C15H22N4O4/c1-15(2,3)23-14(20)17-10-11-5-6-12(13(9-11)21-4)22-8-7-18-19-16/h5-6,9H,7-8,10H2,1-4H3,(H,17,20). The van der Waals surface area contributed by atoms with Crippen LogP contribution in [0.25, 0.3) is 10.4 Å². The summed E-state index contributed by atoms with van der Waals surface area (Å²) in [5.41, 5.74) is 8.51. The molecule has 0 radical (unpaired) electrons. The number of ether oxygens (including phenoxy) is 3. The molecule has 1 N–H and O–H groups in total. The lowest BCUT2D eigenvalue weighted by atomic mass is 10.2. The summed E-state index contributed by atoms with van der Waals surface area (Å²) < 4.78 is 15.9. The first-order valence-electron chi connectivity index (χ1n) is 7.13. The van der Waals surface area contributed by atoms with Crippen LogP contribution in [0, 0.1) is 0 Å². The number of carbonyl (C=O) groups excluding carboxylic acids is 1. The van der Waals surface area contributed by atoms with E-state index in [-0.39, 0.29) is 13.2 Å². The molecule has 0 aromatic heterocycles. The summed E-state index contributed by atoms with van der Waals surface area (Å²) in [5.74, 6) is 1.08. The number of nitrogens with one attached hydrogen (secondary N) is 1. The van der Waals surface area contributed by atoms with Gasteiger partial charge in [-0.05, 0) is 44.0 Å². The normalized spacial score (nSPS) is 10.4. The molecule has 0 bridgehead atoms. The number of alkyl carbamates (subject to hydrolysis) is 1. The van der Waals surface area contributed by atoms with Crippen LogP contribution in [-0.4, -0.2) is 32.0 Å². The Kier molecular flexibility index (Phi) is 7.02. The van der Waals surface area contributed by atoms with Crippen molar-refractivity contribution in [3.63, 3.8) is 0 Å². The summed E-state index contributed by atoms with van der Waals surface area (Å²) in [6.07, 6.45) is -0.480. The first-order valence-corrected chi connectivity index (χ1v) is 7.13. The minimum Gasteiger partial charge on any atom is -0.493 e. The van der Waals surface area contributed by atoms with Crippen molar-refractivity contribution in [2.75, 3.05) is 20.3 Å². The largest absolute Gasteiger partial charge is 0.493 e. The minimum atomic E-state index is -0.536. The second-order valence-electron chi connectivity index (χ2n) is 5.64. The summed E-state index contributed by atoms with van der Waals surface area (Å²) in [6, 6.07) is 5.31. The van der Waals surface area contributed by atoms with E-state index in [1.807, 2.05) is 6.07 Å². The molecule has 0 heterocycles. The van der Waals surface area contributed by atoms with E-state index in [0.717, 1.165) is 5.56 Å². The number of methoxy groups -OCH3 is 1. The van der Waals surface area contributed by atoms with Crippen LogP contribution in [0.4, 0.5) is 4.79 Å². The fourth-order valence-corrected chi connectivity index (χ4v) is 1.67. The highest BCUT2D eigenvalue weighted by atomic mass is 16.6. The van der Waals surface area contributed by atoms with Crippen LogP contribution < -0.4 is 14.8 Å². The molecule has 0 saturated carbocycles. The Morgan fingerprint density at radius 2 is 2.09 bits per heavy atom. The zero-order valence-electron chi connectivity index (χ0n) is 13.8. The maximum atomic E-state index is 11.6. The average Bonchev–Trinajstić information content (AvgIpc) is 2.48. The van der Waals surface area contributed by atoms with Gasteiger partial charge in [0.25, 0.3) is 0 Å². The zero-order chi connectivity index (χ0) is 17.3. The van der Waals surface area contributed by atoms with Crippen molar-refractivity contribution in [1.29, 1.82) is 0 Å². The van der Waals surface area contributed by atoms with Gasteiger partial charge in [-0.2, -0.15) is 0 Å². The van der Waals surface area contributed by atoms with Gasteiger partial charge >= 0.3 is 6.09 Å². The molecule has 0 spiro atoms. The minimum absolute atomic E-state index is 0.238. The summed E-state index contributed by atoms with van der Waals surface area (Å²) in [7, 11) is 1.53. The van der Waals surface area contributed by atoms with Crippen molar-refractivity contribution < 1.29 is 19.0 Å². The van der Waals surface area contributed by atoms with Crippen molar-refractivity contribution in [2.45, 2.75) is 32.9 Å². The van der Waals surface area contributed by atoms with Gasteiger partial charge in [0.1, 0.15) is 5.60 Å². The number of nitrogens with zero attached hydrogens (tertiary/aromatic N) is 3. The van der Waals surface area contributed by atoms with Crippen LogP contribution in [0.3, 0.4) is 0 Å². The molecule has 0 aliphatic carbocycles. The maximum Gasteiger partial charge on any atom is 0.407 e. The summed E-state index contributed by atoms with van der Waals surface area (Å²) >= 11 is 0. The fourth-order valence-electron chi connectivity index (χ4n) is 1.67. The highest BCUT2D eigenvalue weighted by Gasteiger charge is 2.16. The van der Waals surface area contributed by atoms with Crippen molar-refractivity contribution in [3.05, 3.63) is 34.2 Å². The van der Waals surface area contributed by atoms with Crippen LogP contribution in [0.1, 0.15) is 26.3 Å². The number of rotatable bonds is 7. The molecule has 1 rings (SSSR count). The first-order chi connectivity index (χ1) is 10.9. The summed E-state index contributed by atoms with van der Waals surface area (Å²) in [4.78, 5) is 14.3. The molecule has 0 saturated heterocycles. The van der Waals surface area contributed by atoms with Crippen molar-refractivity contribution in [3.8, 4) is 11.5 Å². The lowest BCUT2D eigenvalue weighted by Gasteiger charge is -2.19. The highest BCUT2D eigenvalue weighted by molar-refractivity contribution is 5.67. The third-order valence-corrected chi connectivity index (χ3v) is 2.58. The number of azide groups is 1. The third kappa shape index (κ3) is 7.28. The maximum absolute atomic E-state index is 11.6. The number of carbonyl (C=O) groups is 1. The topological polar surface area (TPSA) is 106 Å². The van der Waals surface area contributed by atoms with Crippen molar-refractivity contribution >= 4 is 6.09 Å². The second kappa shape index (κ2) is 8.75. The van der Waals surface area contributed by atoms with E-state index >= 15 is 0 Å². The van der Waals surface area contributed by atoms with Crippen LogP contribution >= 0.6 is 0 Å². The number of amides is 1. The molecule has 0 aliphatic heterocycles. The van der Waals surface area contributed by atoms with Gasteiger partial charge in [-0.1, -0.05) is 11.2 Å². The Bertz CT molecular complexity index is 577. The lowest BCUT2D eigenvalue weighted by Crippen LogP contribution is -2.32. The Morgan fingerprint density at radius 3 is 2.70 bits per heavy atom. The molecule has 1 aromatic rings. The molecule has 1 aromatic carbocycles. The molecule has 23 heavy (non-hydrogen) atoms. The van der Waals surface area contributed by atoms with E-state index in [9.17, 15) is 4.79 Å². The van der Waals surface area contributed by atoms with E-state index in [0.29, 0.717) is 18.0 Å². The van der Waals surface area contributed by atoms with E-state index in [2.05, 4.69) is 15.3 Å². The van der Waals surface area contributed by atoms with E-state index in [1.165, 1.54) is 7.11 Å². The molecule has 8 heteroatoms. The Hall–Kier alpha value is -2.60. The number of hydrogen-bond acceptors (Lipinski definition) is 5. The monoisotopic (exact) mass is 322 g/mol. The summed E-state index contributed by atoms with van der Waals surface area (Å²) in [5, 5.41) is 6.06. The van der Waals surface area contributed by atoms with Crippen LogP contribution in [0.2, 0.25) is 0 Å². The Morgan fingerprint density at radius 1 is 1.35 bits per heavy atom. The molecule has 126 valence electrons. The van der Waals surface area contributed by atoms with Gasteiger partial charge in [0.05, 0.1) is 20.3 Å². The number of hydrogen-bond donors (Lipinski definition) is 1. The molecule has 0 fully saturated rings. The number of benzene rings is 1. The zero-order valence-corrected chi connectivity index (χ0v) is 13.8. The summed E-state index contributed by atoms with van der Waals surface area (Å²) in [6.45, 7) is 6.22. The molecule has 0 aliphatic rings. The predicted octanol–water partition coefficient (Wildman–Crippen LogP) is 3.41. The molecule has 8 nitrogen and oxygen atoms in total. The van der Waals surface area contributed by atoms with Gasteiger partial charge < -0.3 is 19.5 Å². The van der Waals surface area contributed by atoms with Gasteiger partial charge in [0.2, 0.25) is 0 Å². The lowest BCUT2D eigenvalue weighted by molar-refractivity contribution is 0.0523. The van der Waals surface area contributed by atoms with E-state index in [4.69, 9.17) is 19.7 Å². The van der Waals surface area contributed by atoms with Crippen LogP contribution in [0.5, 0.6) is 11.5 Å². The van der Waals surface area contributed by atoms with Gasteiger partial charge in [0, 0.05) is 11.5 Å². The van der Waals surface area contributed by atoms with Crippen molar-refractivity contribution in [2.24, 2.45) is 5.11 Å². The molecule has 0 atom stereocenters. The second-order valence-corrected chi connectivity index (χ2v) is 5.64. The van der Waals surface area contributed by atoms with Crippen LogP contribution in [0.15, 0.2) is 23.3 Å². The molecule has 1 amide bonds. The Labute approximate surface area is 135 Å². The van der Waals surface area contributed by atoms with Gasteiger partial charge in [-0.25, -0.2) is 4.79 Å². The highest BCUT2D eigenvalue weighted by Crippen LogP contribution is 2.28. The van der Waals surface area contributed by atoms with Crippen molar-refractivity contribution in [1.82, 2.24) is 5.32 Å². The van der Waals surface area contributed by atoms with Gasteiger partial charge in [-0.15, -0.1) is 0 Å². The SMILES string of the molecule is COc1cc(CNC(=O)OC(C)(C)C)ccc1OCCN=[N+]=[N-]. The average molecular weight is 322 g/mol. The van der Waals surface area contributed by atoms with Crippen LogP contribution in [-0.2, 0) is 11.3 Å². The quantitative estimate of drug-likeness (QED) is 0.359. The third-order valence-electron chi connectivity index (χ3n) is 2.58. The molecular weight excluding hydrogens is 300 g/mol. The smallest absolute Gasteiger partial charge is 0.407 e. The molecular formula is C15H22N4O4. The first kappa shape index (κ1) is 18.4. The molecule has 0 unspecified atom stereocenters.